The van der Waals surface area contributed by atoms with Crippen molar-refractivity contribution >= 4 is 23.5 Å². The van der Waals surface area contributed by atoms with Crippen molar-refractivity contribution in [2.24, 2.45) is 10.9 Å². The lowest BCUT2D eigenvalue weighted by molar-refractivity contribution is 0.102. The Morgan fingerprint density at radius 2 is 2.19 bits per heavy atom. The van der Waals surface area contributed by atoms with Crippen LogP contribution in [0.3, 0.4) is 0 Å². The van der Waals surface area contributed by atoms with E-state index in [0.717, 1.165) is 0 Å². The lowest BCUT2D eigenvalue weighted by atomic mass is 10.3. The van der Waals surface area contributed by atoms with E-state index >= 15 is 0 Å². The van der Waals surface area contributed by atoms with Crippen LogP contribution >= 0.6 is 11.6 Å². The standard InChI is InChI=1S/C10H11ClN2O3/c1-7(6-12)13-16-10(14)15-9-5-3-2-4-8(9)11/h2-5H,6,12H2,1H3. The minimum atomic E-state index is -0.957. The van der Waals surface area contributed by atoms with Crippen molar-refractivity contribution in [3.05, 3.63) is 29.3 Å². The lowest BCUT2D eigenvalue weighted by Gasteiger charge is -2.03. The summed E-state index contributed by atoms with van der Waals surface area (Å²) in [5, 5.41) is 3.76. The molecule has 0 heterocycles. The summed E-state index contributed by atoms with van der Waals surface area (Å²) in [5.74, 6) is 0.217. The Kier molecular flexibility index (Phi) is 4.75. The monoisotopic (exact) mass is 242 g/mol. The van der Waals surface area contributed by atoms with Crippen LogP contribution in [-0.4, -0.2) is 18.4 Å². The van der Waals surface area contributed by atoms with Gasteiger partial charge in [-0.3, -0.25) is 4.84 Å². The maximum absolute atomic E-state index is 11.1. The Labute approximate surface area is 97.8 Å². The molecule has 2 N–H and O–H groups in total. The summed E-state index contributed by atoms with van der Waals surface area (Å²) in [6.45, 7) is 1.84. The number of ether oxygens (including phenoxy) is 1. The molecule has 0 bridgehead atoms. The Morgan fingerprint density at radius 1 is 1.50 bits per heavy atom. The number of rotatable bonds is 3. The fourth-order valence-corrected chi connectivity index (χ4v) is 0.963. The van der Waals surface area contributed by atoms with Gasteiger partial charge in [0.05, 0.1) is 10.7 Å². The molecule has 5 nitrogen and oxygen atoms in total. The molecule has 0 saturated heterocycles. The second-order valence-electron chi connectivity index (χ2n) is 2.90. The van der Waals surface area contributed by atoms with E-state index < -0.39 is 6.16 Å². The zero-order valence-corrected chi connectivity index (χ0v) is 9.40. The minimum Gasteiger partial charge on any atom is -0.392 e. The molecule has 0 radical (unpaired) electrons. The second kappa shape index (κ2) is 6.09. The summed E-state index contributed by atoms with van der Waals surface area (Å²) in [6.07, 6.45) is -0.957. The molecule has 0 aromatic heterocycles. The summed E-state index contributed by atoms with van der Waals surface area (Å²) < 4.78 is 4.80. The third-order valence-electron chi connectivity index (χ3n) is 1.60. The van der Waals surface area contributed by atoms with E-state index in [9.17, 15) is 4.79 Å². The van der Waals surface area contributed by atoms with Crippen molar-refractivity contribution in [3.63, 3.8) is 0 Å². The fourth-order valence-electron chi connectivity index (χ4n) is 0.788. The second-order valence-corrected chi connectivity index (χ2v) is 3.31. The number of hydrogen-bond donors (Lipinski definition) is 1. The van der Waals surface area contributed by atoms with Crippen molar-refractivity contribution in [2.75, 3.05) is 6.54 Å². The van der Waals surface area contributed by atoms with Crippen LogP contribution in [-0.2, 0) is 4.84 Å². The third-order valence-corrected chi connectivity index (χ3v) is 1.91. The molecule has 0 fully saturated rings. The molecule has 0 unspecified atom stereocenters. The molecule has 0 atom stereocenters. The van der Waals surface area contributed by atoms with Crippen molar-refractivity contribution in [1.29, 1.82) is 0 Å². The Morgan fingerprint density at radius 3 is 2.81 bits per heavy atom. The van der Waals surface area contributed by atoms with Gasteiger partial charge in [0.2, 0.25) is 0 Å². The average molecular weight is 243 g/mol. The van der Waals surface area contributed by atoms with Crippen LogP contribution in [0.2, 0.25) is 5.02 Å². The predicted octanol–water partition coefficient (Wildman–Crippen LogP) is 2.19. The topological polar surface area (TPSA) is 73.9 Å². The molecule has 16 heavy (non-hydrogen) atoms. The van der Waals surface area contributed by atoms with Crippen molar-refractivity contribution < 1.29 is 14.4 Å². The Bertz CT molecular complexity index is 407. The quantitative estimate of drug-likeness (QED) is 0.290. The molecule has 1 aromatic carbocycles. The summed E-state index contributed by atoms with van der Waals surface area (Å²) in [5.41, 5.74) is 5.73. The molecule has 6 heteroatoms. The van der Waals surface area contributed by atoms with Crippen LogP contribution in [0.5, 0.6) is 5.75 Å². The SMILES string of the molecule is CC(CN)=NOC(=O)Oc1ccccc1Cl. The molecular formula is C10H11ClN2O3. The molecule has 0 saturated carbocycles. The van der Waals surface area contributed by atoms with E-state index in [1.807, 2.05) is 0 Å². The Balaban J connectivity index is 2.56. The largest absolute Gasteiger partial charge is 0.540 e. The van der Waals surface area contributed by atoms with Crippen LogP contribution < -0.4 is 10.5 Å². The molecule has 0 aliphatic carbocycles. The average Bonchev–Trinajstić information content (AvgIpc) is 2.29. The number of para-hydroxylation sites is 1. The predicted molar refractivity (Wildman–Crippen MR) is 60.7 cm³/mol. The van der Waals surface area contributed by atoms with E-state index in [0.29, 0.717) is 10.7 Å². The first kappa shape index (κ1) is 12.5. The number of carbonyl (C=O) groups excluding carboxylic acids is 1. The van der Waals surface area contributed by atoms with Crippen LogP contribution in [0.15, 0.2) is 29.4 Å². The van der Waals surface area contributed by atoms with E-state index in [1.54, 1.807) is 31.2 Å². The van der Waals surface area contributed by atoms with Gasteiger partial charge in [-0.15, -0.1) is 0 Å². The van der Waals surface area contributed by atoms with E-state index in [1.165, 1.54) is 0 Å². The first-order chi connectivity index (χ1) is 7.63. The number of nitrogens with zero attached hydrogens (tertiary/aromatic N) is 1. The molecular weight excluding hydrogens is 232 g/mol. The van der Waals surface area contributed by atoms with Gasteiger partial charge in [-0.2, -0.15) is 0 Å². The van der Waals surface area contributed by atoms with Gasteiger partial charge in [-0.1, -0.05) is 28.9 Å². The Hall–Kier alpha value is -1.59. The molecule has 0 aliphatic rings. The number of hydrogen-bond acceptors (Lipinski definition) is 5. The molecule has 0 aliphatic heterocycles. The van der Waals surface area contributed by atoms with Crippen LogP contribution in [0.4, 0.5) is 4.79 Å². The van der Waals surface area contributed by atoms with Gasteiger partial charge in [-0.25, -0.2) is 4.79 Å². The molecule has 86 valence electrons. The number of oxime groups is 1. The van der Waals surface area contributed by atoms with Gasteiger partial charge in [-0.05, 0) is 19.1 Å². The maximum Gasteiger partial charge on any atom is 0.540 e. The highest BCUT2D eigenvalue weighted by Gasteiger charge is 2.08. The highest BCUT2D eigenvalue weighted by Crippen LogP contribution is 2.23. The highest BCUT2D eigenvalue weighted by atomic mass is 35.5. The van der Waals surface area contributed by atoms with Crippen molar-refractivity contribution in [2.45, 2.75) is 6.92 Å². The fraction of sp³-hybridized carbons (Fsp3) is 0.200. The van der Waals surface area contributed by atoms with Crippen LogP contribution in [0.1, 0.15) is 6.92 Å². The molecule has 0 spiro atoms. The van der Waals surface area contributed by atoms with E-state index in [4.69, 9.17) is 22.1 Å². The first-order valence-electron chi connectivity index (χ1n) is 4.50. The molecule has 0 amide bonds. The summed E-state index contributed by atoms with van der Waals surface area (Å²) in [7, 11) is 0. The van der Waals surface area contributed by atoms with Gasteiger partial charge >= 0.3 is 6.16 Å². The van der Waals surface area contributed by atoms with Crippen LogP contribution in [0, 0.1) is 0 Å². The van der Waals surface area contributed by atoms with Gasteiger partial charge in [0.1, 0.15) is 0 Å². The molecule has 1 rings (SSSR count). The highest BCUT2D eigenvalue weighted by molar-refractivity contribution is 6.32. The van der Waals surface area contributed by atoms with E-state index in [-0.39, 0.29) is 12.3 Å². The van der Waals surface area contributed by atoms with Gasteiger partial charge in [0.25, 0.3) is 0 Å². The summed E-state index contributed by atoms with van der Waals surface area (Å²) in [4.78, 5) is 15.6. The number of halogens is 1. The normalized spacial score (nSPS) is 11.1. The zero-order valence-electron chi connectivity index (χ0n) is 8.64. The van der Waals surface area contributed by atoms with Gasteiger partial charge in [0, 0.05) is 6.54 Å². The maximum atomic E-state index is 11.1. The van der Waals surface area contributed by atoms with Gasteiger partial charge < -0.3 is 10.5 Å². The minimum absolute atomic E-state index is 0.208. The van der Waals surface area contributed by atoms with Crippen molar-refractivity contribution in [1.82, 2.24) is 0 Å². The molecule has 1 aromatic rings. The summed E-state index contributed by atoms with van der Waals surface area (Å²) in [6, 6.07) is 6.54. The van der Waals surface area contributed by atoms with Gasteiger partial charge in [0.15, 0.2) is 5.75 Å². The number of carbonyl (C=O) groups is 1. The first-order valence-corrected chi connectivity index (χ1v) is 4.88. The third kappa shape index (κ3) is 3.88. The van der Waals surface area contributed by atoms with Crippen molar-refractivity contribution in [3.8, 4) is 5.75 Å². The van der Waals surface area contributed by atoms with E-state index in [2.05, 4.69) is 9.99 Å². The zero-order chi connectivity index (χ0) is 12.0. The lowest BCUT2D eigenvalue weighted by Crippen LogP contribution is -2.13. The number of nitrogens with two attached hydrogens (primary N) is 1. The number of benzene rings is 1. The van der Waals surface area contributed by atoms with Crippen LogP contribution in [0.25, 0.3) is 0 Å². The smallest absolute Gasteiger partial charge is 0.392 e. The summed E-state index contributed by atoms with van der Waals surface area (Å²) >= 11 is 5.77.